The van der Waals surface area contributed by atoms with Gasteiger partial charge in [0.1, 0.15) is 21.7 Å². The predicted octanol–water partition coefficient (Wildman–Crippen LogP) is 4.68. The highest BCUT2D eigenvalue weighted by molar-refractivity contribution is 9.10. The lowest BCUT2D eigenvalue weighted by Gasteiger charge is -2.42. The minimum atomic E-state index is -5.58. The average Bonchev–Trinajstić information content (AvgIpc) is 2.50. The molecule has 0 aliphatic carbocycles. The van der Waals surface area contributed by atoms with Crippen molar-refractivity contribution in [2.45, 2.75) is 57.0 Å². The Morgan fingerprint density at radius 3 is 2.38 bits per heavy atom. The molecule has 0 spiro atoms. The summed E-state index contributed by atoms with van der Waals surface area (Å²) in [5.74, 6) is -6.10. The van der Waals surface area contributed by atoms with Crippen molar-refractivity contribution in [2.24, 2.45) is 4.99 Å². The number of pyridine rings is 1. The second-order valence-electron chi connectivity index (χ2n) is 7.24. The maximum absolute atomic E-state index is 14.9. The lowest BCUT2D eigenvalue weighted by atomic mass is 9.85. The molecule has 29 heavy (non-hydrogen) atoms. The van der Waals surface area contributed by atoms with E-state index < -0.39 is 53.0 Å². The number of amidine groups is 1. The zero-order valence-electron chi connectivity index (χ0n) is 15.5. The first-order chi connectivity index (χ1) is 13.0. The first kappa shape index (κ1) is 23.2. The molecule has 0 fully saturated rings. The number of aliphatic imine (C=N–C) groups is 1. The van der Waals surface area contributed by atoms with E-state index in [1.165, 1.54) is 20.8 Å². The highest BCUT2D eigenvalue weighted by atomic mass is 79.9. The van der Waals surface area contributed by atoms with Gasteiger partial charge in [-0.25, -0.2) is 24.5 Å². The second kappa shape index (κ2) is 7.33. The molecule has 0 bridgehead atoms. The van der Waals surface area contributed by atoms with E-state index in [9.17, 15) is 31.1 Å². The molecule has 1 aromatic heterocycles. The van der Waals surface area contributed by atoms with Crippen LogP contribution in [0.4, 0.5) is 31.1 Å². The van der Waals surface area contributed by atoms with Crippen LogP contribution in [0.15, 0.2) is 21.7 Å². The molecule has 1 aromatic rings. The van der Waals surface area contributed by atoms with Crippen molar-refractivity contribution in [1.82, 2.24) is 10.3 Å². The van der Waals surface area contributed by atoms with Crippen molar-refractivity contribution in [3.8, 4) is 0 Å². The highest BCUT2D eigenvalue weighted by Crippen LogP contribution is 2.50. The van der Waals surface area contributed by atoms with Gasteiger partial charge in [-0.1, -0.05) is 0 Å². The molecule has 2 heterocycles. The molecule has 1 N–H and O–H groups in total. The summed E-state index contributed by atoms with van der Waals surface area (Å²) in [6.07, 6.45) is -10.6. The van der Waals surface area contributed by atoms with E-state index in [2.05, 4.69) is 30.6 Å². The first-order valence-electron chi connectivity index (χ1n) is 8.01. The maximum Gasteiger partial charge on any atom is 0.431 e. The number of hydrogen-bond acceptors (Lipinski definition) is 5. The molecule has 0 radical (unpaired) electrons. The number of nitrogens with zero attached hydrogens (tertiary/aromatic N) is 2. The van der Waals surface area contributed by atoms with Gasteiger partial charge < -0.3 is 9.47 Å². The van der Waals surface area contributed by atoms with Crippen LogP contribution in [0.3, 0.4) is 0 Å². The fourth-order valence-electron chi connectivity index (χ4n) is 2.44. The first-order valence-corrected chi connectivity index (χ1v) is 8.80. The fourth-order valence-corrected chi connectivity index (χ4v) is 2.75. The van der Waals surface area contributed by atoms with E-state index in [4.69, 9.17) is 4.74 Å². The van der Waals surface area contributed by atoms with Gasteiger partial charge in [-0.15, -0.1) is 0 Å². The number of alkyl halides is 5. The Morgan fingerprint density at radius 2 is 1.86 bits per heavy atom. The molecular formula is C16H16BrF6N3O3. The molecule has 6 nitrogen and oxygen atoms in total. The third-order valence-corrected chi connectivity index (χ3v) is 4.15. The van der Waals surface area contributed by atoms with Crippen LogP contribution in [0.5, 0.6) is 0 Å². The summed E-state index contributed by atoms with van der Waals surface area (Å²) in [6.45, 7) is 4.96. The molecule has 162 valence electrons. The van der Waals surface area contributed by atoms with E-state index in [1.807, 2.05) is 0 Å². The van der Waals surface area contributed by atoms with Gasteiger partial charge in [-0.3, -0.25) is 0 Å². The minimum Gasteiger partial charge on any atom is -0.445 e. The van der Waals surface area contributed by atoms with E-state index in [0.29, 0.717) is 6.92 Å². The van der Waals surface area contributed by atoms with Gasteiger partial charge in [0.15, 0.2) is 5.54 Å². The molecule has 1 amide bonds. The van der Waals surface area contributed by atoms with Crippen molar-refractivity contribution >= 4 is 28.0 Å². The van der Waals surface area contributed by atoms with Crippen LogP contribution >= 0.6 is 15.9 Å². The summed E-state index contributed by atoms with van der Waals surface area (Å²) in [5.41, 5.74) is -5.28. The molecule has 2 atom stereocenters. The zero-order chi connectivity index (χ0) is 22.4. The van der Waals surface area contributed by atoms with E-state index in [-0.39, 0.29) is 4.60 Å². The van der Waals surface area contributed by atoms with Crippen molar-refractivity contribution in [2.75, 3.05) is 0 Å². The van der Waals surface area contributed by atoms with Crippen molar-refractivity contribution < 1.29 is 40.6 Å². The Balaban J connectivity index is 2.61. The summed E-state index contributed by atoms with van der Waals surface area (Å²) in [6, 6.07) is 0.600. The summed E-state index contributed by atoms with van der Waals surface area (Å²) in [4.78, 5) is 18.8. The van der Waals surface area contributed by atoms with Gasteiger partial charge in [0, 0.05) is 0 Å². The number of hydrogen-bond donors (Lipinski definition) is 1. The molecule has 0 saturated carbocycles. The van der Waals surface area contributed by atoms with Gasteiger partial charge in [-0.05, 0) is 55.8 Å². The van der Waals surface area contributed by atoms with Crippen LogP contribution in [0.2, 0.25) is 0 Å². The normalized spacial score (nSPS) is 24.4. The Labute approximate surface area is 169 Å². The Hall–Kier alpha value is -2.05. The Kier molecular flexibility index (Phi) is 5.87. The number of alkyl carbamates (subject to hydrolysis) is 1. The van der Waals surface area contributed by atoms with Crippen molar-refractivity contribution in [1.29, 1.82) is 0 Å². The number of carbonyl (C=O) groups is 1. The van der Waals surface area contributed by atoms with Crippen molar-refractivity contribution in [3.63, 3.8) is 0 Å². The fraction of sp³-hybridized carbons (Fsp3) is 0.562. The maximum atomic E-state index is 14.9. The third-order valence-electron chi connectivity index (χ3n) is 3.71. The molecule has 1 aliphatic rings. The van der Waals surface area contributed by atoms with Gasteiger partial charge >= 0.3 is 18.2 Å². The smallest absolute Gasteiger partial charge is 0.431 e. The summed E-state index contributed by atoms with van der Waals surface area (Å²) < 4.78 is 93.0. The lowest BCUT2D eigenvalue weighted by molar-refractivity contribution is -0.288. The quantitative estimate of drug-likeness (QED) is 0.457. The number of halogens is 7. The van der Waals surface area contributed by atoms with Gasteiger partial charge in [0.2, 0.25) is 0 Å². The number of amides is 1. The standard InChI is InChI=1S/C16H16BrF6N3O3/c1-13(2,3)29-12(27)25-11-26-14(4,9-7(18)5-6-8(17)24-9)15(19,20)10(28-11)16(21,22)23/h5-6,10H,1-4H3,(H,25,26,27)/t10-,14-/m1/s1. The second-order valence-corrected chi connectivity index (χ2v) is 8.06. The topological polar surface area (TPSA) is 72.8 Å². The van der Waals surface area contributed by atoms with Gasteiger partial charge in [0.05, 0.1) is 0 Å². The number of rotatable bonds is 1. The molecule has 2 rings (SSSR count). The average molecular weight is 492 g/mol. The van der Waals surface area contributed by atoms with E-state index in [0.717, 1.165) is 12.1 Å². The molecule has 0 unspecified atom stereocenters. The van der Waals surface area contributed by atoms with Crippen LogP contribution in [-0.2, 0) is 15.0 Å². The van der Waals surface area contributed by atoms with Gasteiger partial charge in [-0.2, -0.15) is 22.0 Å². The molecule has 0 saturated heterocycles. The largest absolute Gasteiger partial charge is 0.445 e. The Morgan fingerprint density at radius 1 is 1.28 bits per heavy atom. The SMILES string of the molecule is CC(C)(C)OC(=O)NC1=N[C@](C)(c2nc(Br)ccc2F)C(F)(F)[C@H](C(F)(F)F)O1. The van der Waals surface area contributed by atoms with Crippen LogP contribution in [-0.4, -0.2) is 40.9 Å². The van der Waals surface area contributed by atoms with Crippen LogP contribution in [0.1, 0.15) is 33.4 Å². The molecular weight excluding hydrogens is 476 g/mol. The van der Waals surface area contributed by atoms with E-state index in [1.54, 1.807) is 5.32 Å². The van der Waals surface area contributed by atoms with E-state index >= 15 is 0 Å². The number of nitrogens with one attached hydrogen (secondary N) is 1. The molecule has 0 aromatic carbocycles. The molecule has 1 aliphatic heterocycles. The summed E-state index contributed by atoms with van der Waals surface area (Å²) in [5, 5.41) is 1.75. The van der Waals surface area contributed by atoms with Crippen LogP contribution in [0, 0.1) is 5.82 Å². The minimum absolute atomic E-state index is 0.113. The van der Waals surface area contributed by atoms with Gasteiger partial charge in [0.25, 0.3) is 12.1 Å². The highest BCUT2D eigenvalue weighted by Gasteiger charge is 2.71. The number of aromatic nitrogens is 1. The third kappa shape index (κ3) is 4.75. The van der Waals surface area contributed by atoms with Crippen molar-refractivity contribution in [3.05, 3.63) is 28.2 Å². The van der Waals surface area contributed by atoms with Crippen LogP contribution in [0.25, 0.3) is 0 Å². The zero-order valence-corrected chi connectivity index (χ0v) is 17.1. The monoisotopic (exact) mass is 491 g/mol. The summed E-state index contributed by atoms with van der Waals surface area (Å²) >= 11 is 2.85. The Bertz CT molecular complexity index is 840. The number of ether oxygens (including phenoxy) is 2. The lowest BCUT2D eigenvalue weighted by Crippen LogP contribution is -2.63. The number of carbonyl (C=O) groups excluding carboxylic acids is 1. The summed E-state index contributed by atoms with van der Waals surface area (Å²) in [7, 11) is 0. The predicted molar refractivity (Wildman–Crippen MR) is 91.9 cm³/mol. The molecule has 13 heteroatoms. The van der Waals surface area contributed by atoms with Crippen LogP contribution < -0.4 is 5.32 Å².